The average molecular weight is 398 g/mol. The lowest BCUT2D eigenvalue weighted by molar-refractivity contribution is -0.680. The fourth-order valence-corrected chi connectivity index (χ4v) is 5.53. The topological polar surface area (TPSA) is 39.8 Å². The van der Waals surface area contributed by atoms with E-state index in [0.29, 0.717) is 6.54 Å². The molecule has 0 aliphatic carbocycles. The van der Waals surface area contributed by atoms with Crippen LogP contribution in [-0.4, -0.2) is 29.6 Å². The Hall–Kier alpha value is -2.25. The van der Waals surface area contributed by atoms with Crippen molar-refractivity contribution in [2.75, 3.05) is 18.5 Å². The summed E-state index contributed by atoms with van der Waals surface area (Å²) in [7, 11) is 2.02. The highest BCUT2D eigenvalue weighted by atomic mass is 32.2. The van der Waals surface area contributed by atoms with Crippen molar-refractivity contribution in [2.45, 2.75) is 25.3 Å². The van der Waals surface area contributed by atoms with Crippen molar-refractivity contribution in [3.63, 3.8) is 0 Å². The Labute approximate surface area is 167 Å². The number of hydrogen-bond acceptors (Lipinski definition) is 5. The van der Waals surface area contributed by atoms with Crippen LogP contribution in [0.4, 0.5) is 11.5 Å². The summed E-state index contributed by atoms with van der Waals surface area (Å²) >= 11 is 3.12. The molecule has 1 fully saturated rings. The van der Waals surface area contributed by atoms with Gasteiger partial charge >= 0.3 is 5.82 Å². The summed E-state index contributed by atoms with van der Waals surface area (Å²) in [6.07, 6.45) is 2.01. The molecule has 1 aromatic carbocycles. The second-order valence-electron chi connectivity index (χ2n) is 6.15. The molecule has 27 heavy (non-hydrogen) atoms. The van der Waals surface area contributed by atoms with E-state index in [-0.39, 0.29) is 5.91 Å². The molecule has 1 saturated heterocycles. The number of aryl methyl sites for hydroxylation is 1. The highest BCUT2D eigenvalue weighted by molar-refractivity contribution is 8.19. The quantitative estimate of drug-likeness (QED) is 0.580. The van der Waals surface area contributed by atoms with E-state index < -0.39 is 0 Å². The molecule has 1 aromatic heterocycles. The second kappa shape index (κ2) is 7.40. The first-order valence-electron chi connectivity index (χ1n) is 8.95. The number of para-hydroxylation sites is 1. The zero-order valence-electron chi connectivity index (χ0n) is 15.5. The molecule has 1 amide bonds. The van der Waals surface area contributed by atoms with E-state index in [9.17, 15) is 4.79 Å². The Morgan fingerprint density at radius 3 is 2.59 bits per heavy atom. The molecule has 5 nitrogen and oxygen atoms in total. The third-order valence-electron chi connectivity index (χ3n) is 4.58. The lowest BCUT2D eigenvalue weighted by atomic mass is 10.3. The van der Waals surface area contributed by atoms with Crippen molar-refractivity contribution >= 4 is 46.1 Å². The van der Waals surface area contributed by atoms with Crippen molar-refractivity contribution in [2.24, 2.45) is 4.99 Å². The van der Waals surface area contributed by atoms with Gasteiger partial charge in [-0.15, -0.1) is 0 Å². The van der Waals surface area contributed by atoms with Crippen molar-refractivity contribution in [3.8, 4) is 0 Å². The van der Waals surface area contributed by atoms with Crippen LogP contribution in [0.25, 0.3) is 0 Å². The van der Waals surface area contributed by atoms with Gasteiger partial charge in [-0.3, -0.25) is 9.69 Å². The van der Waals surface area contributed by atoms with Gasteiger partial charge in [0.05, 0.1) is 23.5 Å². The molecule has 2 aliphatic heterocycles. The zero-order valence-corrected chi connectivity index (χ0v) is 17.2. The van der Waals surface area contributed by atoms with Crippen molar-refractivity contribution in [1.29, 1.82) is 0 Å². The van der Waals surface area contributed by atoms with Gasteiger partial charge in [0.15, 0.2) is 0 Å². The number of benzene rings is 1. The molecular formula is C20H21N4OS2+. The maximum atomic E-state index is 13.1. The van der Waals surface area contributed by atoms with Crippen LogP contribution in [0, 0.1) is 0 Å². The van der Waals surface area contributed by atoms with Gasteiger partial charge in [0, 0.05) is 24.6 Å². The molecule has 0 bridgehead atoms. The van der Waals surface area contributed by atoms with Crippen LogP contribution in [0.3, 0.4) is 0 Å². The Morgan fingerprint density at radius 1 is 1.07 bits per heavy atom. The lowest BCUT2D eigenvalue weighted by Crippen LogP contribution is -2.33. The number of likely N-dealkylation sites (N-methyl/N-ethyl adjacent to an activating group) is 1. The third kappa shape index (κ3) is 3.15. The number of nitrogens with zero attached hydrogens (tertiary/aromatic N) is 4. The van der Waals surface area contributed by atoms with Crippen LogP contribution < -0.4 is 9.47 Å². The average Bonchev–Trinajstić information content (AvgIpc) is 3.19. The minimum Gasteiger partial charge on any atom is -0.337 e. The number of anilines is 1. The molecule has 2 aromatic rings. The summed E-state index contributed by atoms with van der Waals surface area (Å²) in [6, 6.07) is 14.2. The number of amides is 1. The minimum absolute atomic E-state index is 0.0300. The zero-order chi connectivity index (χ0) is 19.0. The van der Waals surface area contributed by atoms with E-state index in [2.05, 4.69) is 28.5 Å². The molecule has 0 saturated carbocycles. The number of carbonyl (C=O) groups is 1. The maximum absolute atomic E-state index is 13.1. The predicted octanol–water partition coefficient (Wildman–Crippen LogP) is 3.99. The normalized spacial score (nSPS) is 20.7. The summed E-state index contributed by atoms with van der Waals surface area (Å²) in [6.45, 7) is 5.50. The molecule has 0 atom stereocenters. The van der Waals surface area contributed by atoms with Crippen LogP contribution in [0.15, 0.2) is 68.5 Å². The van der Waals surface area contributed by atoms with E-state index in [1.807, 2.05) is 50.5 Å². The van der Waals surface area contributed by atoms with Crippen molar-refractivity contribution in [3.05, 3.63) is 58.6 Å². The fourth-order valence-electron chi connectivity index (χ4n) is 3.13. The van der Waals surface area contributed by atoms with Gasteiger partial charge in [0.25, 0.3) is 11.1 Å². The summed E-state index contributed by atoms with van der Waals surface area (Å²) < 4.78 is 2.07. The van der Waals surface area contributed by atoms with Crippen LogP contribution >= 0.6 is 23.5 Å². The molecule has 7 heteroatoms. The first-order valence-corrected chi connectivity index (χ1v) is 10.6. The van der Waals surface area contributed by atoms with Crippen LogP contribution in [-0.2, 0) is 11.3 Å². The van der Waals surface area contributed by atoms with Gasteiger partial charge in [0.1, 0.15) is 4.91 Å². The number of hydrogen-bond donors (Lipinski definition) is 0. The Kier molecular flexibility index (Phi) is 4.97. The number of pyridine rings is 1. The molecule has 0 radical (unpaired) electrons. The Balaban J connectivity index is 1.74. The summed E-state index contributed by atoms with van der Waals surface area (Å²) in [5.41, 5.74) is 1.14. The van der Waals surface area contributed by atoms with Crippen LogP contribution in [0.2, 0.25) is 0 Å². The van der Waals surface area contributed by atoms with Gasteiger partial charge < -0.3 is 4.90 Å². The van der Waals surface area contributed by atoms with Crippen LogP contribution in [0.1, 0.15) is 13.8 Å². The largest absolute Gasteiger partial charge is 0.337 e. The van der Waals surface area contributed by atoms with E-state index in [1.165, 1.54) is 16.7 Å². The monoisotopic (exact) mass is 397 g/mol. The first kappa shape index (κ1) is 18.1. The summed E-state index contributed by atoms with van der Waals surface area (Å²) in [5.74, 6) is 0.887. The maximum Gasteiger partial charge on any atom is 0.326 e. The molecule has 4 rings (SSSR count). The standard InChI is InChI=1S/C20H21N4OS2/c1-4-23-13-9-8-12-16(23)21-20-24(5-2)18(25)17(27-20)19-22(3)14-10-6-7-11-15(14)26-19/h6-13H,4-5H2,1-3H3/q+1. The number of aliphatic imine (C=N–C) groups is 1. The predicted molar refractivity (Wildman–Crippen MR) is 112 cm³/mol. The van der Waals surface area contributed by atoms with E-state index >= 15 is 0 Å². The highest BCUT2D eigenvalue weighted by Crippen LogP contribution is 2.49. The van der Waals surface area contributed by atoms with Gasteiger partial charge in [-0.2, -0.15) is 0 Å². The van der Waals surface area contributed by atoms with Gasteiger partial charge in [-0.05, 0) is 48.8 Å². The van der Waals surface area contributed by atoms with Gasteiger partial charge in [0.2, 0.25) is 0 Å². The molecule has 138 valence electrons. The van der Waals surface area contributed by atoms with Crippen LogP contribution in [0.5, 0.6) is 0 Å². The highest BCUT2D eigenvalue weighted by Gasteiger charge is 2.41. The summed E-state index contributed by atoms with van der Waals surface area (Å²) in [4.78, 5) is 23.7. The number of amidine groups is 1. The number of carbonyl (C=O) groups excluding carboxylic acids is 1. The number of aromatic nitrogens is 1. The third-order valence-corrected chi connectivity index (χ3v) is 7.01. The molecule has 0 spiro atoms. The van der Waals surface area contributed by atoms with E-state index in [0.717, 1.165) is 33.2 Å². The summed E-state index contributed by atoms with van der Waals surface area (Å²) in [5, 5.41) is 1.72. The minimum atomic E-state index is 0.0300. The molecule has 0 unspecified atom stereocenters. The molecular weight excluding hydrogens is 376 g/mol. The van der Waals surface area contributed by atoms with Crippen molar-refractivity contribution in [1.82, 2.24) is 4.90 Å². The Morgan fingerprint density at radius 2 is 1.85 bits per heavy atom. The van der Waals surface area contributed by atoms with E-state index in [4.69, 9.17) is 4.99 Å². The van der Waals surface area contributed by atoms with Crippen molar-refractivity contribution < 1.29 is 9.36 Å². The fraction of sp³-hybridized carbons (Fsp3) is 0.250. The smallest absolute Gasteiger partial charge is 0.326 e. The van der Waals surface area contributed by atoms with Gasteiger partial charge in [-0.25, -0.2) is 4.57 Å². The molecule has 2 aliphatic rings. The number of thioether (sulfide) groups is 2. The molecule has 3 heterocycles. The lowest BCUT2D eigenvalue weighted by Gasteiger charge is -2.14. The SMILES string of the molecule is CCN1C(=O)C(=C2Sc3ccccc3N2C)SC1=Nc1cccc[n+]1CC. The number of rotatable bonds is 3. The number of fused-ring (bicyclic) bond motifs is 1. The van der Waals surface area contributed by atoms with E-state index in [1.54, 1.807) is 16.7 Å². The molecule has 0 N–H and O–H groups in total. The first-order chi connectivity index (χ1) is 13.1. The second-order valence-corrected chi connectivity index (χ2v) is 8.16. The van der Waals surface area contributed by atoms with Gasteiger partial charge in [-0.1, -0.05) is 30.0 Å². The Bertz CT molecular complexity index is 970.